The topological polar surface area (TPSA) is 192 Å². The van der Waals surface area contributed by atoms with Crippen LogP contribution in [0.4, 0.5) is 0 Å². The van der Waals surface area contributed by atoms with E-state index < -0.39 is 59.9 Å². The molecule has 12 nitrogen and oxygen atoms in total. The summed E-state index contributed by atoms with van der Waals surface area (Å²) in [6, 6.07) is -0.855. The smallest absolute Gasteiger partial charge is 0.394 e. The third-order valence-corrected chi connectivity index (χ3v) is 12.2. The maximum absolute atomic E-state index is 13.1. The van der Waals surface area contributed by atoms with Crippen LogP contribution in [0.25, 0.3) is 0 Å². The van der Waals surface area contributed by atoms with Gasteiger partial charge in [0.25, 0.3) is 0 Å². The standard InChI is InChI=1S/C48H91NO11S/c1-3-5-7-9-11-13-15-17-18-19-20-21-22-23-24-26-28-30-32-34-36-38-44(52)49-41(42(51)37-35-33-31-29-27-25-16-14-12-10-8-6-4-2)40-58-48-46(54)47(60-61(55,56)57)45(53)43(39-50)59-48/h5,7,11,13,41-43,45-48,50-51,53-54H,3-4,6,8-10,12,14-40H2,1-2H3,(H,49,52)(H,55,56,57)/b7-5-,13-11-. The van der Waals surface area contributed by atoms with Gasteiger partial charge in [0.05, 0.1) is 25.4 Å². The SMILES string of the molecule is CC/C=C\C/C=C\CCCCCCCCCCCCCCCCC(=O)NC(COC1OC(CO)C(O)C(OS(=O)(=O)O)C1O)C(O)CCCCCCCCCCCCCCC. The summed E-state index contributed by atoms with van der Waals surface area (Å²) in [6.07, 6.45) is 36.1. The van der Waals surface area contributed by atoms with E-state index in [4.69, 9.17) is 9.47 Å². The van der Waals surface area contributed by atoms with Crippen molar-refractivity contribution < 1.29 is 51.8 Å². The Bertz CT molecular complexity index is 1190. The zero-order chi connectivity index (χ0) is 44.8. The number of hydrogen-bond donors (Lipinski definition) is 6. The van der Waals surface area contributed by atoms with Gasteiger partial charge in [0.1, 0.15) is 24.4 Å². The predicted molar refractivity (Wildman–Crippen MR) is 245 cm³/mol. The molecule has 1 rings (SSSR count). The minimum Gasteiger partial charge on any atom is -0.394 e. The highest BCUT2D eigenvalue weighted by molar-refractivity contribution is 7.80. The highest BCUT2D eigenvalue weighted by Crippen LogP contribution is 2.26. The van der Waals surface area contributed by atoms with Gasteiger partial charge in [0.15, 0.2) is 6.29 Å². The van der Waals surface area contributed by atoms with E-state index in [1.54, 1.807) is 0 Å². The van der Waals surface area contributed by atoms with Crippen LogP contribution < -0.4 is 5.32 Å². The quantitative estimate of drug-likeness (QED) is 0.0194. The molecule has 1 heterocycles. The molecule has 7 unspecified atom stereocenters. The van der Waals surface area contributed by atoms with Crippen LogP contribution in [-0.2, 0) is 28.9 Å². The molecule has 0 aliphatic carbocycles. The molecule has 1 fully saturated rings. The second-order valence-electron chi connectivity index (χ2n) is 17.4. The van der Waals surface area contributed by atoms with Gasteiger partial charge in [-0.2, -0.15) is 8.42 Å². The van der Waals surface area contributed by atoms with E-state index in [9.17, 15) is 38.2 Å². The van der Waals surface area contributed by atoms with Gasteiger partial charge in [0, 0.05) is 6.42 Å². The Morgan fingerprint density at radius 2 is 1.15 bits per heavy atom. The Balaban J connectivity index is 2.41. The molecule has 0 spiro atoms. The monoisotopic (exact) mass is 890 g/mol. The van der Waals surface area contributed by atoms with Crippen molar-refractivity contribution in [2.75, 3.05) is 13.2 Å². The summed E-state index contributed by atoms with van der Waals surface area (Å²) in [5.41, 5.74) is 0. The summed E-state index contributed by atoms with van der Waals surface area (Å²) in [6.45, 7) is 3.35. The zero-order valence-electron chi connectivity index (χ0n) is 38.5. The molecule has 7 atom stereocenters. The van der Waals surface area contributed by atoms with E-state index in [0.717, 1.165) is 64.2 Å². The van der Waals surface area contributed by atoms with E-state index in [1.165, 1.54) is 128 Å². The van der Waals surface area contributed by atoms with E-state index in [1.807, 2.05) is 0 Å². The van der Waals surface area contributed by atoms with E-state index in [2.05, 4.69) is 47.7 Å². The summed E-state index contributed by atoms with van der Waals surface area (Å²) < 4.78 is 47.7. The number of aliphatic hydroxyl groups excluding tert-OH is 4. The van der Waals surface area contributed by atoms with Crippen molar-refractivity contribution >= 4 is 16.3 Å². The molecular weight excluding hydrogens is 799 g/mol. The van der Waals surface area contributed by atoms with E-state index >= 15 is 0 Å². The summed E-state index contributed by atoms with van der Waals surface area (Å²) in [7, 11) is -5.07. The van der Waals surface area contributed by atoms with Gasteiger partial charge in [-0.15, -0.1) is 0 Å². The lowest BCUT2D eigenvalue weighted by Crippen LogP contribution is -2.61. The lowest BCUT2D eigenvalue weighted by atomic mass is 9.99. The Morgan fingerprint density at radius 3 is 1.64 bits per heavy atom. The largest absolute Gasteiger partial charge is 0.397 e. The molecule has 360 valence electrons. The van der Waals surface area contributed by atoms with Crippen molar-refractivity contribution in [3.8, 4) is 0 Å². The average molecular weight is 890 g/mol. The molecule has 1 saturated heterocycles. The summed E-state index contributed by atoms with van der Waals surface area (Å²) in [5, 5.41) is 44.9. The van der Waals surface area contributed by atoms with Crippen molar-refractivity contribution in [3.63, 3.8) is 0 Å². The average Bonchev–Trinajstić information content (AvgIpc) is 3.23. The minimum absolute atomic E-state index is 0.230. The number of carbonyl (C=O) groups excluding carboxylic acids is 1. The van der Waals surface area contributed by atoms with Crippen LogP contribution in [0.1, 0.15) is 219 Å². The summed E-state index contributed by atoms with van der Waals surface area (Å²) in [5.74, 6) is -0.230. The molecule has 6 N–H and O–H groups in total. The number of unbranched alkanes of at least 4 members (excludes halogenated alkanes) is 26. The van der Waals surface area contributed by atoms with E-state index in [0.29, 0.717) is 12.8 Å². The molecule has 0 radical (unpaired) electrons. The lowest BCUT2D eigenvalue weighted by molar-refractivity contribution is -0.298. The number of carbonyl (C=O) groups is 1. The van der Waals surface area contributed by atoms with Gasteiger partial charge >= 0.3 is 10.4 Å². The number of aliphatic hydroxyl groups is 4. The third-order valence-electron chi connectivity index (χ3n) is 11.8. The lowest BCUT2D eigenvalue weighted by Gasteiger charge is -2.41. The molecule has 0 saturated carbocycles. The molecule has 0 bridgehead atoms. The normalized spacial score (nSPS) is 20.8. The van der Waals surface area contributed by atoms with Gasteiger partial charge in [0.2, 0.25) is 5.91 Å². The molecule has 61 heavy (non-hydrogen) atoms. The second kappa shape index (κ2) is 39.0. The Kier molecular flexibility index (Phi) is 36.8. The van der Waals surface area contributed by atoms with Gasteiger partial charge < -0.3 is 35.2 Å². The van der Waals surface area contributed by atoms with Crippen molar-refractivity contribution in [2.24, 2.45) is 0 Å². The molecule has 1 aliphatic heterocycles. The molecule has 1 aliphatic rings. The second-order valence-corrected chi connectivity index (χ2v) is 18.4. The molecule has 0 aromatic rings. The van der Waals surface area contributed by atoms with Crippen molar-refractivity contribution in [3.05, 3.63) is 24.3 Å². The highest BCUT2D eigenvalue weighted by atomic mass is 32.3. The fourth-order valence-electron chi connectivity index (χ4n) is 7.97. The van der Waals surface area contributed by atoms with Gasteiger partial charge in [-0.1, -0.05) is 199 Å². The number of ether oxygens (including phenoxy) is 2. The fourth-order valence-corrected chi connectivity index (χ4v) is 8.48. The molecular formula is C48H91NO11S. The van der Waals surface area contributed by atoms with Crippen LogP contribution in [0.2, 0.25) is 0 Å². The predicted octanol–water partition coefficient (Wildman–Crippen LogP) is 10.1. The molecule has 0 aromatic heterocycles. The highest BCUT2D eigenvalue weighted by Gasteiger charge is 2.48. The van der Waals surface area contributed by atoms with E-state index in [-0.39, 0.29) is 12.5 Å². The van der Waals surface area contributed by atoms with Crippen LogP contribution in [-0.4, -0.2) is 95.4 Å². The Labute approximate surface area is 372 Å². The zero-order valence-corrected chi connectivity index (χ0v) is 39.3. The maximum Gasteiger partial charge on any atom is 0.397 e. The third kappa shape index (κ3) is 32.0. The van der Waals surface area contributed by atoms with Crippen LogP contribution in [0, 0.1) is 0 Å². The van der Waals surface area contributed by atoms with Crippen LogP contribution in [0.5, 0.6) is 0 Å². The van der Waals surface area contributed by atoms with Crippen LogP contribution in [0.15, 0.2) is 24.3 Å². The minimum atomic E-state index is -5.07. The van der Waals surface area contributed by atoms with Crippen molar-refractivity contribution in [2.45, 2.75) is 262 Å². The molecule has 0 aromatic carbocycles. The summed E-state index contributed by atoms with van der Waals surface area (Å²) in [4.78, 5) is 13.1. The first-order chi connectivity index (χ1) is 29.5. The Morgan fingerprint density at radius 1 is 0.672 bits per heavy atom. The number of allylic oxidation sites excluding steroid dienone is 4. The van der Waals surface area contributed by atoms with Gasteiger partial charge in [-0.05, 0) is 38.5 Å². The van der Waals surface area contributed by atoms with Crippen LogP contribution >= 0.6 is 0 Å². The molecule has 13 heteroatoms. The number of rotatable bonds is 42. The van der Waals surface area contributed by atoms with Crippen LogP contribution in [0.3, 0.4) is 0 Å². The first-order valence-electron chi connectivity index (χ1n) is 24.7. The number of amides is 1. The number of nitrogens with one attached hydrogen (secondary N) is 1. The Hall–Kier alpha value is -1.42. The number of hydrogen-bond acceptors (Lipinski definition) is 10. The summed E-state index contributed by atoms with van der Waals surface area (Å²) >= 11 is 0. The van der Waals surface area contributed by atoms with Crippen molar-refractivity contribution in [1.82, 2.24) is 5.32 Å². The van der Waals surface area contributed by atoms with Gasteiger partial charge in [-0.3, -0.25) is 9.35 Å². The first-order valence-corrected chi connectivity index (χ1v) is 26.1. The fraction of sp³-hybridized carbons (Fsp3) is 0.896. The van der Waals surface area contributed by atoms with Crippen molar-refractivity contribution in [1.29, 1.82) is 0 Å². The first kappa shape index (κ1) is 57.6. The molecule has 1 amide bonds. The maximum atomic E-state index is 13.1. The van der Waals surface area contributed by atoms with Gasteiger partial charge in [-0.25, -0.2) is 4.18 Å².